The number of fused-ring (bicyclic) bond motifs is 1. The number of carbonyl (C=O) groups excluding carboxylic acids is 1. The first-order valence-electron chi connectivity index (χ1n) is 7.12. The van der Waals surface area contributed by atoms with Crippen molar-refractivity contribution in [3.8, 4) is 5.75 Å². The van der Waals surface area contributed by atoms with E-state index in [-0.39, 0.29) is 11.8 Å². The van der Waals surface area contributed by atoms with Crippen molar-refractivity contribution in [2.45, 2.75) is 12.8 Å². The number of amides is 1. The molecule has 0 bridgehead atoms. The van der Waals surface area contributed by atoms with Crippen molar-refractivity contribution >= 4 is 32.6 Å². The van der Waals surface area contributed by atoms with Gasteiger partial charge in [0.2, 0.25) is 5.91 Å². The second-order valence-electron chi connectivity index (χ2n) is 5.23. The highest BCUT2D eigenvalue weighted by Crippen LogP contribution is 2.33. The minimum atomic E-state index is 0.0605. The molecule has 1 atom stereocenters. The van der Waals surface area contributed by atoms with E-state index in [1.807, 2.05) is 18.2 Å². The summed E-state index contributed by atoms with van der Waals surface area (Å²) >= 11 is 1.66. The van der Waals surface area contributed by atoms with Crippen molar-refractivity contribution in [1.82, 2.24) is 10.3 Å². The normalized spacial score (nSPS) is 18.8. The molecule has 0 saturated carbocycles. The number of hydrogen-bond acceptors (Lipinski definition) is 5. The zero-order valence-corrected chi connectivity index (χ0v) is 13.1. The third-order valence-electron chi connectivity index (χ3n) is 3.89. The second kappa shape index (κ2) is 5.89. The van der Waals surface area contributed by atoms with Gasteiger partial charge >= 0.3 is 0 Å². The van der Waals surface area contributed by atoms with Gasteiger partial charge in [0.15, 0.2) is 5.13 Å². The predicted octanol–water partition coefficient (Wildman–Crippen LogP) is 2.27. The van der Waals surface area contributed by atoms with Crippen LogP contribution in [0.1, 0.15) is 12.8 Å². The molecule has 1 unspecified atom stereocenters. The van der Waals surface area contributed by atoms with Crippen LogP contribution in [0.15, 0.2) is 18.2 Å². The fourth-order valence-electron chi connectivity index (χ4n) is 2.72. The molecule has 1 aromatic heterocycles. The molecule has 1 N–H and O–H groups in total. The molecule has 2 aromatic rings. The van der Waals surface area contributed by atoms with Gasteiger partial charge in [-0.1, -0.05) is 11.3 Å². The first-order valence-corrected chi connectivity index (χ1v) is 7.94. The fraction of sp³-hybridized carbons (Fsp3) is 0.467. The zero-order valence-electron chi connectivity index (χ0n) is 12.3. The molecule has 2 heterocycles. The maximum atomic E-state index is 11.8. The van der Waals surface area contributed by atoms with Crippen LogP contribution in [0.25, 0.3) is 10.2 Å². The van der Waals surface area contributed by atoms with Crippen LogP contribution in [0.5, 0.6) is 5.75 Å². The van der Waals surface area contributed by atoms with Gasteiger partial charge in [-0.05, 0) is 31.0 Å². The van der Waals surface area contributed by atoms with Gasteiger partial charge in [0.25, 0.3) is 0 Å². The number of rotatable bonds is 3. The van der Waals surface area contributed by atoms with Gasteiger partial charge < -0.3 is 15.0 Å². The topological polar surface area (TPSA) is 54.5 Å². The molecule has 5 nitrogen and oxygen atoms in total. The van der Waals surface area contributed by atoms with E-state index in [2.05, 4.69) is 15.2 Å². The SMILES string of the molecule is CNC(=O)C1CCCN(c2nc3ccc(OC)cc3s2)C1. The lowest BCUT2D eigenvalue weighted by Gasteiger charge is -2.31. The maximum Gasteiger partial charge on any atom is 0.224 e. The Morgan fingerprint density at radius 3 is 3.14 bits per heavy atom. The highest BCUT2D eigenvalue weighted by atomic mass is 32.1. The Balaban J connectivity index is 1.84. The summed E-state index contributed by atoms with van der Waals surface area (Å²) in [5.74, 6) is 1.03. The molecule has 3 rings (SSSR count). The molecule has 1 amide bonds. The lowest BCUT2D eigenvalue weighted by atomic mass is 9.98. The van der Waals surface area contributed by atoms with Crippen LogP contribution >= 0.6 is 11.3 Å². The molecule has 0 spiro atoms. The lowest BCUT2D eigenvalue weighted by Crippen LogP contribution is -2.42. The molecule has 1 aliphatic rings. The third kappa shape index (κ3) is 2.81. The molecular weight excluding hydrogens is 286 g/mol. The number of nitrogens with one attached hydrogen (secondary N) is 1. The largest absolute Gasteiger partial charge is 0.497 e. The standard InChI is InChI=1S/C15H19N3O2S/c1-16-14(19)10-4-3-7-18(9-10)15-17-12-6-5-11(20-2)8-13(12)21-15/h5-6,8,10H,3-4,7,9H2,1-2H3,(H,16,19). The number of piperidine rings is 1. The monoisotopic (exact) mass is 305 g/mol. The minimum Gasteiger partial charge on any atom is -0.497 e. The average Bonchev–Trinajstić information content (AvgIpc) is 2.97. The Bertz CT molecular complexity index is 655. The molecule has 21 heavy (non-hydrogen) atoms. The van der Waals surface area contributed by atoms with Gasteiger partial charge in [0.1, 0.15) is 5.75 Å². The highest BCUT2D eigenvalue weighted by molar-refractivity contribution is 7.22. The Hall–Kier alpha value is -1.82. The van der Waals surface area contributed by atoms with Crippen LogP contribution in [0.2, 0.25) is 0 Å². The molecule has 6 heteroatoms. The number of nitrogens with zero attached hydrogens (tertiary/aromatic N) is 2. The number of hydrogen-bond donors (Lipinski definition) is 1. The molecule has 0 radical (unpaired) electrons. The van der Waals surface area contributed by atoms with Crippen LogP contribution in [0.3, 0.4) is 0 Å². The summed E-state index contributed by atoms with van der Waals surface area (Å²) in [6, 6.07) is 5.92. The van der Waals surface area contributed by atoms with Gasteiger partial charge in [-0.2, -0.15) is 0 Å². The quantitative estimate of drug-likeness (QED) is 0.945. The highest BCUT2D eigenvalue weighted by Gasteiger charge is 2.26. The van der Waals surface area contributed by atoms with Crippen molar-refractivity contribution in [2.75, 3.05) is 32.1 Å². The summed E-state index contributed by atoms with van der Waals surface area (Å²) in [5.41, 5.74) is 0.984. The Morgan fingerprint density at radius 1 is 1.52 bits per heavy atom. The van der Waals surface area contributed by atoms with E-state index in [4.69, 9.17) is 4.74 Å². The molecular formula is C15H19N3O2S. The van der Waals surface area contributed by atoms with Gasteiger partial charge in [0.05, 0.1) is 23.2 Å². The summed E-state index contributed by atoms with van der Waals surface area (Å²) in [4.78, 5) is 18.7. The van der Waals surface area contributed by atoms with E-state index in [1.54, 1.807) is 25.5 Å². The Kier molecular flexibility index (Phi) is 3.96. The van der Waals surface area contributed by atoms with Crippen LogP contribution in [0, 0.1) is 5.92 Å². The summed E-state index contributed by atoms with van der Waals surface area (Å²) in [6.07, 6.45) is 1.98. The zero-order chi connectivity index (χ0) is 14.8. The summed E-state index contributed by atoms with van der Waals surface area (Å²) in [7, 11) is 3.37. The van der Waals surface area contributed by atoms with E-state index in [0.717, 1.165) is 47.0 Å². The lowest BCUT2D eigenvalue weighted by molar-refractivity contribution is -0.124. The molecule has 1 saturated heterocycles. The van der Waals surface area contributed by atoms with Crippen molar-refractivity contribution in [3.05, 3.63) is 18.2 Å². The first kappa shape index (κ1) is 14.1. The number of anilines is 1. The fourth-order valence-corrected chi connectivity index (χ4v) is 3.75. The predicted molar refractivity (Wildman–Crippen MR) is 85.2 cm³/mol. The van der Waals surface area contributed by atoms with E-state index in [1.165, 1.54) is 0 Å². The smallest absolute Gasteiger partial charge is 0.224 e. The number of aromatic nitrogens is 1. The number of thiazole rings is 1. The second-order valence-corrected chi connectivity index (χ2v) is 6.24. The summed E-state index contributed by atoms with van der Waals surface area (Å²) in [6.45, 7) is 1.71. The van der Waals surface area contributed by atoms with E-state index in [9.17, 15) is 4.79 Å². The number of carbonyl (C=O) groups is 1. The first-order chi connectivity index (χ1) is 10.2. The van der Waals surface area contributed by atoms with Crippen LogP contribution in [-0.4, -0.2) is 38.1 Å². The summed E-state index contributed by atoms with van der Waals surface area (Å²) in [5, 5.41) is 3.74. The van der Waals surface area contributed by atoms with Crippen molar-refractivity contribution < 1.29 is 9.53 Å². The molecule has 0 aliphatic carbocycles. The van der Waals surface area contributed by atoms with Crippen LogP contribution < -0.4 is 15.0 Å². The number of benzene rings is 1. The minimum absolute atomic E-state index is 0.0605. The third-order valence-corrected chi connectivity index (χ3v) is 4.97. The van der Waals surface area contributed by atoms with E-state index in [0.29, 0.717) is 0 Å². The summed E-state index contributed by atoms with van der Waals surface area (Å²) < 4.78 is 6.37. The molecule has 112 valence electrons. The van der Waals surface area contributed by atoms with Crippen molar-refractivity contribution in [1.29, 1.82) is 0 Å². The Labute approximate surface area is 127 Å². The van der Waals surface area contributed by atoms with Gasteiger partial charge in [0, 0.05) is 20.1 Å². The van der Waals surface area contributed by atoms with Gasteiger partial charge in [-0.15, -0.1) is 0 Å². The van der Waals surface area contributed by atoms with Gasteiger partial charge in [-0.25, -0.2) is 4.98 Å². The Morgan fingerprint density at radius 2 is 2.38 bits per heavy atom. The average molecular weight is 305 g/mol. The van der Waals surface area contributed by atoms with Gasteiger partial charge in [-0.3, -0.25) is 4.79 Å². The van der Waals surface area contributed by atoms with E-state index >= 15 is 0 Å². The molecule has 1 fully saturated rings. The maximum absolute atomic E-state index is 11.8. The van der Waals surface area contributed by atoms with Crippen molar-refractivity contribution in [3.63, 3.8) is 0 Å². The number of ether oxygens (including phenoxy) is 1. The van der Waals surface area contributed by atoms with Crippen LogP contribution in [0.4, 0.5) is 5.13 Å². The van der Waals surface area contributed by atoms with Crippen molar-refractivity contribution in [2.24, 2.45) is 5.92 Å². The number of methoxy groups -OCH3 is 1. The van der Waals surface area contributed by atoms with E-state index < -0.39 is 0 Å². The molecule has 1 aromatic carbocycles. The van der Waals surface area contributed by atoms with Crippen LogP contribution in [-0.2, 0) is 4.79 Å². The molecule has 1 aliphatic heterocycles.